The number of pyridine rings is 1. The highest BCUT2D eigenvalue weighted by molar-refractivity contribution is 5.83. The van der Waals surface area contributed by atoms with Gasteiger partial charge in [0.2, 0.25) is 6.79 Å². The van der Waals surface area contributed by atoms with E-state index in [-0.39, 0.29) is 18.4 Å². The van der Waals surface area contributed by atoms with Gasteiger partial charge in [-0.05, 0) is 61.3 Å². The zero-order valence-electron chi connectivity index (χ0n) is 18.1. The van der Waals surface area contributed by atoms with Gasteiger partial charge in [0, 0.05) is 17.0 Å². The topological polar surface area (TPSA) is 98.2 Å². The molecule has 9 heteroatoms. The predicted molar refractivity (Wildman–Crippen MR) is 118 cm³/mol. The van der Waals surface area contributed by atoms with Gasteiger partial charge in [-0.2, -0.15) is 0 Å². The van der Waals surface area contributed by atoms with Crippen LogP contribution in [-0.2, 0) is 0 Å². The average Bonchev–Trinajstić information content (AvgIpc) is 3.49. The molecule has 4 heterocycles. The van der Waals surface area contributed by atoms with E-state index in [0.29, 0.717) is 23.1 Å². The molecule has 6 rings (SSSR count). The van der Waals surface area contributed by atoms with Crippen LogP contribution in [0.4, 0.5) is 0 Å². The van der Waals surface area contributed by atoms with Crippen LogP contribution in [0.15, 0.2) is 23.0 Å². The van der Waals surface area contributed by atoms with E-state index >= 15 is 0 Å². The van der Waals surface area contributed by atoms with Crippen molar-refractivity contribution in [3.8, 4) is 11.5 Å². The number of nitrogens with one attached hydrogen (secondary N) is 1. The quantitative estimate of drug-likeness (QED) is 0.670. The fraction of sp³-hybridized carbons (Fsp3) is 0.565. The zero-order chi connectivity index (χ0) is 21.5. The van der Waals surface area contributed by atoms with Crippen LogP contribution in [0.3, 0.4) is 0 Å². The summed E-state index contributed by atoms with van der Waals surface area (Å²) in [7, 11) is 0. The zero-order valence-corrected chi connectivity index (χ0v) is 18.1. The smallest absolute Gasteiger partial charge is 0.253 e. The second kappa shape index (κ2) is 8.20. The first-order valence-electron chi connectivity index (χ1n) is 11.8. The maximum atomic E-state index is 13.4. The largest absolute Gasteiger partial charge is 0.454 e. The highest BCUT2D eigenvalue weighted by Crippen LogP contribution is 2.37. The summed E-state index contributed by atoms with van der Waals surface area (Å²) in [4.78, 5) is 18.8. The molecule has 3 aromatic rings. The molecule has 3 aliphatic rings. The minimum atomic E-state index is -0.272. The summed E-state index contributed by atoms with van der Waals surface area (Å²) in [6, 6.07) is 5.79. The molecule has 1 saturated heterocycles. The van der Waals surface area contributed by atoms with Crippen LogP contribution < -0.4 is 15.0 Å². The van der Waals surface area contributed by atoms with Gasteiger partial charge >= 0.3 is 0 Å². The van der Waals surface area contributed by atoms with E-state index < -0.39 is 0 Å². The minimum absolute atomic E-state index is 0.106. The molecule has 2 fully saturated rings. The first-order chi connectivity index (χ1) is 15.8. The van der Waals surface area contributed by atoms with Crippen molar-refractivity contribution in [2.75, 3.05) is 19.9 Å². The van der Waals surface area contributed by atoms with Crippen LogP contribution in [0.25, 0.3) is 10.9 Å². The van der Waals surface area contributed by atoms with Crippen molar-refractivity contribution in [2.45, 2.75) is 63.5 Å². The van der Waals surface area contributed by atoms with E-state index in [2.05, 4.69) is 25.4 Å². The van der Waals surface area contributed by atoms with Crippen LogP contribution in [-0.4, -0.2) is 50.0 Å². The number of aromatic amines is 1. The Bertz CT molecular complexity index is 1180. The van der Waals surface area contributed by atoms with Crippen molar-refractivity contribution in [2.24, 2.45) is 0 Å². The van der Waals surface area contributed by atoms with Gasteiger partial charge in [-0.25, -0.2) is 4.68 Å². The Morgan fingerprint density at radius 2 is 1.72 bits per heavy atom. The van der Waals surface area contributed by atoms with E-state index in [0.717, 1.165) is 55.5 Å². The van der Waals surface area contributed by atoms with Crippen molar-refractivity contribution in [1.82, 2.24) is 30.1 Å². The van der Waals surface area contributed by atoms with Gasteiger partial charge in [-0.15, -0.1) is 5.10 Å². The highest BCUT2D eigenvalue weighted by atomic mass is 16.7. The maximum absolute atomic E-state index is 13.4. The minimum Gasteiger partial charge on any atom is -0.454 e. The van der Waals surface area contributed by atoms with Crippen LogP contribution in [0.1, 0.15) is 74.8 Å². The predicted octanol–water partition coefficient (Wildman–Crippen LogP) is 3.32. The molecule has 1 atom stereocenters. The molecule has 1 aliphatic carbocycles. The fourth-order valence-electron chi connectivity index (χ4n) is 5.46. The molecule has 0 radical (unpaired) electrons. The van der Waals surface area contributed by atoms with Crippen LogP contribution in [0.5, 0.6) is 11.5 Å². The molecule has 0 bridgehead atoms. The van der Waals surface area contributed by atoms with Crippen LogP contribution >= 0.6 is 0 Å². The first-order valence-corrected chi connectivity index (χ1v) is 11.8. The fourth-order valence-corrected chi connectivity index (χ4v) is 5.46. The Hall–Kier alpha value is -2.94. The number of aromatic nitrogens is 5. The Morgan fingerprint density at radius 1 is 0.969 bits per heavy atom. The van der Waals surface area contributed by atoms with Gasteiger partial charge in [0.05, 0.1) is 11.6 Å². The number of fused-ring (bicyclic) bond motifs is 2. The van der Waals surface area contributed by atoms with Crippen molar-refractivity contribution < 1.29 is 9.47 Å². The average molecular weight is 437 g/mol. The van der Waals surface area contributed by atoms with E-state index in [1.807, 2.05) is 22.9 Å². The number of tetrazole rings is 1. The Morgan fingerprint density at radius 3 is 2.53 bits per heavy atom. The van der Waals surface area contributed by atoms with Crippen LogP contribution in [0.2, 0.25) is 0 Å². The monoisotopic (exact) mass is 436 g/mol. The summed E-state index contributed by atoms with van der Waals surface area (Å²) >= 11 is 0. The molecule has 9 nitrogen and oxygen atoms in total. The summed E-state index contributed by atoms with van der Waals surface area (Å²) in [6.45, 7) is 2.07. The second-order valence-corrected chi connectivity index (χ2v) is 9.12. The third-order valence-electron chi connectivity index (χ3n) is 7.10. The van der Waals surface area contributed by atoms with Crippen LogP contribution in [0, 0.1) is 0 Å². The number of ether oxygens (including phenoxy) is 2. The number of piperidine rings is 1. The molecule has 32 heavy (non-hydrogen) atoms. The van der Waals surface area contributed by atoms with Gasteiger partial charge < -0.3 is 14.5 Å². The highest BCUT2D eigenvalue weighted by Gasteiger charge is 2.33. The van der Waals surface area contributed by atoms with E-state index in [9.17, 15) is 4.79 Å². The number of benzene rings is 1. The number of hydrogen-bond donors (Lipinski definition) is 1. The molecule has 2 aromatic heterocycles. The maximum Gasteiger partial charge on any atom is 0.253 e. The molecule has 1 N–H and O–H groups in total. The van der Waals surface area contributed by atoms with E-state index in [1.165, 1.54) is 25.7 Å². The lowest BCUT2D eigenvalue weighted by Crippen LogP contribution is -2.39. The lowest BCUT2D eigenvalue weighted by Gasteiger charge is -2.34. The first kappa shape index (κ1) is 19.7. The number of hydrogen-bond acceptors (Lipinski definition) is 7. The Balaban J connectivity index is 1.48. The summed E-state index contributed by atoms with van der Waals surface area (Å²) in [5, 5.41) is 13.9. The Labute approximate surface area is 185 Å². The molecule has 0 spiro atoms. The van der Waals surface area contributed by atoms with Gasteiger partial charge in [0.1, 0.15) is 6.04 Å². The number of likely N-dealkylation sites (tertiary alicyclic amines) is 1. The van der Waals surface area contributed by atoms with E-state index in [1.54, 1.807) is 0 Å². The molecule has 0 amide bonds. The number of H-pyrrole nitrogens is 1. The lowest BCUT2D eigenvalue weighted by molar-refractivity contribution is 0.171. The van der Waals surface area contributed by atoms with E-state index in [4.69, 9.17) is 9.47 Å². The summed E-state index contributed by atoms with van der Waals surface area (Å²) in [6.07, 6.45) is 9.28. The van der Waals surface area contributed by atoms with Gasteiger partial charge in [-0.1, -0.05) is 25.7 Å². The molecule has 1 aromatic carbocycles. The van der Waals surface area contributed by atoms with Gasteiger partial charge in [0.25, 0.3) is 5.56 Å². The van der Waals surface area contributed by atoms with Gasteiger partial charge in [0.15, 0.2) is 17.3 Å². The number of rotatable bonds is 4. The van der Waals surface area contributed by atoms with Crippen molar-refractivity contribution in [3.05, 3.63) is 39.9 Å². The van der Waals surface area contributed by atoms with Crippen molar-refractivity contribution in [3.63, 3.8) is 0 Å². The van der Waals surface area contributed by atoms with Gasteiger partial charge in [-0.3, -0.25) is 9.69 Å². The molecular formula is C23H28N6O3. The third-order valence-corrected chi connectivity index (χ3v) is 7.10. The number of nitrogens with zero attached hydrogens (tertiary/aromatic N) is 5. The molecule has 1 saturated carbocycles. The summed E-state index contributed by atoms with van der Waals surface area (Å²) < 4.78 is 13.0. The molecule has 2 aliphatic heterocycles. The molecule has 0 unspecified atom stereocenters. The third kappa shape index (κ3) is 3.44. The van der Waals surface area contributed by atoms with Crippen molar-refractivity contribution >= 4 is 10.9 Å². The summed E-state index contributed by atoms with van der Waals surface area (Å²) in [5.41, 5.74) is 1.32. The Kier molecular flexibility index (Phi) is 5.05. The lowest BCUT2D eigenvalue weighted by atomic mass is 9.94. The van der Waals surface area contributed by atoms with Crippen molar-refractivity contribution in [1.29, 1.82) is 0 Å². The second-order valence-electron chi connectivity index (χ2n) is 9.12. The summed E-state index contributed by atoms with van der Waals surface area (Å²) in [5.74, 6) is 2.15. The molecule has 168 valence electrons. The molecular weight excluding hydrogens is 408 g/mol. The SMILES string of the molecule is O=c1[nH]c2cc3c(cc2cc1[C@@H](c1nnnn1C1CCCCC1)N1CCCCC1)OCO3. The normalized spacial score (nSPS) is 20.6. The standard InChI is InChI=1S/C23H28N6O3/c30-23-17(11-15-12-19-20(32-14-31-19)13-18(15)24-23)21(28-9-5-2-6-10-28)22-25-26-27-29(22)16-7-3-1-4-8-16/h11-13,16,21H,1-10,14H2,(H,24,30)/t21-/m0/s1.